The van der Waals surface area contributed by atoms with Crippen LogP contribution in [0.2, 0.25) is 5.02 Å². The summed E-state index contributed by atoms with van der Waals surface area (Å²) in [5.41, 5.74) is -0.123. The van der Waals surface area contributed by atoms with E-state index < -0.39 is 28.3 Å². The van der Waals surface area contributed by atoms with Gasteiger partial charge in [0.05, 0.1) is 11.5 Å². The Balaban J connectivity index is 1.64. The van der Waals surface area contributed by atoms with E-state index in [-0.39, 0.29) is 39.9 Å². The summed E-state index contributed by atoms with van der Waals surface area (Å²) in [5, 5.41) is 9.94. The molecule has 2 aliphatic rings. The van der Waals surface area contributed by atoms with Gasteiger partial charge in [-0.05, 0) is 37.5 Å². The van der Waals surface area contributed by atoms with Gasteiger partial charge in [0.15, 0.2) is 16.4 Å². The normalized spacial score (nSPS) is 21.7. The first kappa shape index (κ1) is 18.0. The summed E-state index contributed by atoms with van der Waals surface area (Å²) >= 11 is 5.79. The zero-order valence-corrected chi connectivity index (χ0v) is 14.9. The Kier molecular flexibility index (Phi) is 4.92. The number of sulfone groups is 1. The van der Waals surface area contributed by atoms with Crippen molar-refractivity contribution < 1.29 is 27.9 Å². The Morgan fingerprint density at radius 2 is 1.96 bits per heavy atom. The Bertz CT molecular complexity index is 805. The molecule has 0 aromatic heterocycles. The number of carbonyl (C=O) groups is 2. The number of hydrogen-bond donors (Lipinski definition) is 1. The van der Waals surface area contributed by atoms with E-state index in [4.69, 9.17) is 16.3 Å². The van der Waals surface area contributed by atoms with Gasteiger partial charge in [0.2, 0.25) is 0 Å². The number of phenolic OH excluding ortho intramolecular Hbond substituents is 1. The third kappa shape index (κ3) is 4.24. The standard InChI is InChI=1S/C16H18ClNO6S/c17-10-1-4-14(19)13(7-10)16(21)24-8-15(20)18(11-2-3-11)12-5-6-25(22,23)9-12/h1,4,7,11-12,19H,2-3,5-6,8-9H2/t12-/m1/s1. The molecule has 25 heavy (non-hydrogen) atoms. The summed E-state index contributed by atoms with van der Waals surface area (Å²) in [6.07, 6.45) is 2.06. The van der Waals surface area contributed by atoms with Crippen LogP contribution >= 0.6 is 11.6 Å². The minimum Gasteiger partial charge on any atom is -0.507 e. The second kappa shape index (κ2) is 6.84. The van der Waals surface area contributed by atoms with Crippen LogP contribution in [0.25, 0.3) is 0 Å². The SMILES string of the molecule is O=C(OCC(=O)N(C1CC1)[C@@H]1CCS(=O)(=O)C1)c1cc(Cl)ccc1O. The lowest BCUT2D eigenvalue weighted by molar-refractivity contribution is -0.137. The van der Waals surface area contributed by atoms with Crippen molar-refractivity contribution in [1.82, 2.24) is 4.90 Å². The van der Waals surface area contributed by atoms with Gasteiger partial charge in [0, 0.05) is 17.1 Å². The molecule has 1 N–H and O–H groups in total. The van der Waals surface area contributed by atoms with Gasteiger partial charge in [0.1, 0.15) is 11.3 Å². The quantitative estimate of drug-likeness (QED) is 0.766. The molecule has 1 aliphatic carbocycles. The number of halogens is 1. The molecule has 136 valence electrons. The molecule has 1 atom stereocenters. The highest BCUT2D eigenvalue weighted by Crippen LogP contribution is 2.32. The van der Waals surface area contributed by atoms with E-state index in [9.17, 15) is 23.1 Å². The number of nitrogens with zero attached hydrogens (tertiary/aromatic N) is 1. The van der Waals surface area contributed by atoms with E-state index in [1.165, 1.54) is 18.2 Å². The number of aromatic hydroxyl groups is 1. The van der Waals surface area contributed by atoms with Crippen molar-refractivity contribution in [2.24, 2.45) is 0 Å². The average Bonchev–Trinajstić information content (AvgIpc) is 3.31. The van der Waals surface area contributed by atoms with E-state index in [1.807, 2.05) is 0 Å². The number of phenols is 1. The van der Waals surface area contributed by atoms with Crippen LogP contribution < -0.4 is 0 Å². The molecule has 1 aromatic rings. The van der Waals surface area contributed by atoms with Crippen molar-refractivity contribution >= 4 is 33.3 Å². The molecular formula is C16H18ClNO6S. The molecule has 0 spiro atoms. The minimum absolute atomic E-state index is 0.0177. The molecule has 1 saturated carbocycles. The summed E-state index contributed by atoms with van der Waals surface area (Å²) < 4.78 is 28.3. The van der Waals surface area contributed by atoms with Crippen molar-refractivity contribution in [3.63, 3.8) is 0 Å². The third-order valence-corrected chi connectivity index (χ3v) is 6.32. The second-order valence-electron chi connectivity index (χ2n) is 6.33. The van der Waals surface area contributed by atoms with Gasteiger partial charge in [-0.15, -0.1) is 0 Å². The van der Waals surface area contributed by atoms with Gasteiger partial charge in [-0.25, -0.2) is 13.2 Å². The number of ether oxygens (including phenoxy) is 1. The van der Waals surface area contributed by atoms with Crippen LogP contribution in [0, 0.1) is 0 Å². The highest BCUT2D eigenvalue weighted by Gasteiger charge is 2.42. The largest absolute Gasteiger partial charge is 0.507 e. The molecule has 3 rings (SSSR count). The summed E-state index contributed by atoms with van der Waals surface area (Å²) in [6.45, 7) is -0.502. The monoisotopic (exact) mass is 387 g/mol. The van der Waals surface area contributed by atoms with Crippen LogP contribution in [0.4, 0.5) is 0 Å². The van der Waals surface area contributed by atoms with Crippen molar-refractivity contribution in [2.75, 3.05) is 18.1 Å². The molecule has 1 aliphatic heterocycles. The second-order valence-corrected chi connectivity index (χ2v) is 8.99. The maximum atomic E-state index is 12.5. The van der Waals surface area contributed by atoms with Crippen LogP contribution in [-0.2, 0) is 19.4 Å². The van der Waals surface area contributed by atoms with E-state index in [2.05, 4.69) is 0 Å². The zero-order valence-electron chi connectivity index (χ0n) is 13.4. The molecule has 0 unspecified atom stereocenters. The van der Waals surface area contributed by atoms with Crippen LogP contribution in [0.1, 0.15) is 29.6 Å². The van der Waals surface area contributed by atoms with Gasteiger partial charge in [0.25, 0.3) is 5.91 Å². The zero-order chi connectivity index (χ0) is 18.2. The first-order valence-electron chi connectivity index (χ1n) is 7.94. The summed E-state index contributed by atoms with van der Waals surface area (Å²) in [7, 11) is -3.11. The first-order chi connectivity index (χ1) is 11.8. The summed E-state index contributed by atoms with van der Waals surface area (Å²) in [5.74, 6) is -1.53. The van der Waals surface area contributed by atoms with Crippen LogP contribution in [-0.4, -0.2) is 60.5 Å². The third-order valence-electron chi connectivity index (χ3n) is 4.34. The Morgan fingerprint density at radius 1 is 1.24 bits per heavy atom. The smallest absolute Gasteiger partial charge is 0.342 e. The molecule has 1 amide bonds. The number of amides is 1. The minimum atomic E-state index is -3.11. The summed E-state index contributed by atoms with van der Waals surface area (Å²) in [6, 6.07) is 3.60. The molecule has 9 heteroatoms. The highest BCUT2D eigenvalue weighted by molar-refractivity contribution is 7.91. The molecule has 7 nitrogen and oxygen atoms in total. The van der Waals surface area contributed by atoms with Gasteiger partial charge in [-0.2, -0.15) is 0 Å². The number of carbonyl (C=O) groups excluding carboxylic acids is 2. The fraction of sp³-hybridized carbons (Fsp3) is 0.500. The summed E-state index contributed by atoms with van der Waals surface area (Å²) in [4.78, 5) is 26.1. The Labute approximate surface area is 150 Å². The molecule has 2 fully saturated rings. The van der Waals surface area contributed by atoms with Crippen molar-refractivity contribution in [3.05, 3.63) is 28.8 Å². The van der Waals surface area contributed by atoms with Gasteiger partial charge in [-0.3, -0.25) is 4.79 Å². The lowest BCUT2D eigenvalue weighted by Crippen LogP contribution is -2.44. The fourth-order valence-electron chi connectivity index (χ4n) is 3.00. The predicted octanol–water partition coefficient (Wildman–Crippen LogP) is 1.38. The van der Waals surface area contributed by atoms with E-state index >= 15 is 0 Å². The Morgan fingerprint density at radius 3 is 2.56 bits per heavy atom. The van der Waals surface area contributed by atoms with E-state index in [0.717, 1.165) is 12.8 Å². The lowest BCUT2D eigenvalue weighted by atomic mass is 10.2. The van der Waals surface area contributed by atoms with Gasteiger partial charge < -0.3 is 14.7 Å². The van der Waals surface area contributed by atoms with Gasteiger partial charge in [-0.1, -0.05) is 11.6 Å². The molecule has 1 saturated heterocycles. The molecule has 1 heterocycles. The van der Waals surface area contributed by atoms with Crippen molar-refractivity contribution in [2.45, 2.75) is 31.3 Å². The molecule has 1 aromatic carbocycles. The van der Waals surface area contributed by atoms with E-state index in [0.29, 0.717) is 6.42 Å². The lowest BCUT2D eigenvalue weighted by Gasteiger charge is -2.28. The van der Waals surface area contributed by atoms with Crippen LogP contribution in [0.15, 0.2) is 18.2 Å². The maximum Gasteiger partial charge on any atom is 0.342 e. The van der Waals surface area contributed by atoms with E-state index in [1.54, 1.807) is 4.90 Å². The Hall–Kier alpha value is -1.80. The van der Waals surface area contributed by atoms with Gasteiger partial charge >= 0.3 is 5.97 Å². The molecule has 0 radical (unpaired) electrons. The first-order valence-corrected chi connectivity index (χ1v) is 10.1. The maximum absolute atomic E-state index is 12.5. The number of esters is 1. The number of benzene rings is 1. The highest BCUT2D eigenvalue weighted by atomic mass is 35.5. The van der Waals surface area contributed by atoms with Crippen LogP contribution in [0.3, 0.4) is 0 Å². The predicted molar refractivity (Wildman–Crippen MR) is 90.3 cm³/mol. The average molecular weight is 388 g/mol. The molecule has 0 bridgehead atoms. The number of rotatable bonds is 5. The van der Waals surface area contributed by atoms with Crippen molar-refractivity contribution in [1.29, 1.82) is 0 Å². The van der Waals surface area contributed by atoms with Crippen LogP contribution in [0.5, 0.6) is 5.75 Å². The topological polar surface area (TPSA) is 101 Å². The molecular weight excluding hydrogens is 370 g/mol. The fourth-order valence-corrected chi connectivity index (χ4v) is 4.89. The van der Waals surface area contributed by atoms with Crippen molar-refractivity contribution in [3.8, 4) is 5.75 Å². The number of hydrogen-bond acceptors (Lipinski definition) is 6.